The molecule has 0 atom stereocenters. The number of hydrazone groups is 1. The number of pyridine rings is 1. The minimum Gasteiger partial charge on any atom is -0.494 e. The molecule has 0 fully saturated rings. The smallest absolute Gasteiger partial charge is 0.368 e. The number of unbranched alkanes of at least 4 members (excludes halogenated alkanes) is 5. The highest BCUT2D eigenvalue weighted by Gasteiger charge is 2.30. The number of carbonyl (C=O) groups is 1. The van der Waals surface area contributed by atoms with Crippen LogP contribution in [0.2, 0.25) is 0 Å². The molecule has 0 saturated heterocycles. The van der Waals surface area contributed by atoms with Crippen LogP contribution in [-0.4, -0.2) is 18.5 Å². The molecule has 5 rings (SSSR count). The molecule has 7 heteroatoms. The summed E-state index contributed by atoms with van der Waals surface area (Å²) in [5.74, 6) is 1.40. The van der Waals surface area contributed by atoms with Gasteiger partial charge in [0.05, 0.1) is 18.0 Å². The summed E-state index contributed by atoms with van der Waals surface area (Å²) in [6.07, 6.45) is 11.5. The number of aryl methyl sites for hydroxylation is 1. The maximum Gasteiger partial charge on any atom is 0.368 e. The van der Waals surface area contributed by atoms with E-state index in [1.807, 2.05) is 84.9 Å². The average Bonchev–Trinajstić information content (AvgIpc) is 3.02. The Kier molecular flexibility index (Phi) is 9.39. The van der Waals surface area contributed by atoms with Crippen molar-refractivity contribution in [2.75, 3.05) is 16.6 Å². The Bertz CT molecular complexity index is 1360. The first-order chi connectivity index (χ1) is 19.8. The van der Waals surface area contributed by atoms with Crippen molar-refractivity contribution in [2.24, 2.45) is 5.10 Å². The molecule has 0 spiro atoms. The van der Waals surface area contributed by atoms with Crippen LogP contribution in [0.15, 0.2) is 121 Å². The SMILES string of the molecule is O=C1N(c2ccccc2)N=C(c2ccc(OCCCCCCCC[n+]3ccccc3)cc2)NN1c1ccccc1. The number of rotatable bonds is 13. The summed E-state index contributed by atoms with van der Waals surface area (Å²) in [6.45, 7) is 1.79. The standard InChI is InChI=1S/C33H36N5O2/c39-33-37(29-16-8-5-9-17-29)34-32(35-38(33)30-18-10-6-11-19-30)28-20-22-31(23-21-28)40-27-15-4-2-1-3-12-24-36-25-13-7-14-26-36/h5-11,13-14,16-23,25-26H,1-4,12,15,24,27H2,(H,34,35)/q+1. The van der Waals surface area contributed by atoms with Gasteiger partial charge in [0, 0.05) is 24.1 Å². The molecule has 0 radical (unpaired) electrons. The zero-order chi connectivity index (χ0) is 27.4. The third-order valence-corrected chi connectivity index (χ3v) is 6.79. The number of aromatic nitrogens is 1. The Morgan fingerprint density at radius 3 is 1.98 bits per heavy atom. The largest absolute Gasteiger partial charge is 0.494 e. The van der Waals surface area contributed by atoms with Crippen molar-refractivity contribution >= 4 is 23.2 Å². The van der Waals surface area contributed by atoms with Crippen LogP contribution in [0.4, 0.5) is 16.2 Å². The van der Waals surface area contributed by atoms with Crippen LogP contribution in [0, 0.1) is 0 Å². The topological polar surface area (TPSA) is 61.1 Å². The Morgan fingerprint density at radius 1 is 0.675 bits per heavy atom. The summed E-state index contributed by atoms with van der Waals surface area (Å²) in [5.41, 5.74) is 5.48. The van der Waals surface area contributed by atoms with Crippen LogP contribution in [0.25, 0.3) is 0 Å². The Balaban J connectivity index is 1.12. The van der Waals surface area contributed by atoms with Gasteiger partial charge in [-0.1, -0.05) is 61.7 Å². The number of ether oxygens (including phenoxy) is 1. The zero-order valence-corrected chi connectivity index (χ0v) is 22.7. The molecular weight excluding hydrogens is 498 g/mol. The predicted molar refractivity (Wildman–Crippen MR) is 159 cm³/mol. The van der Waals surface area contributed by atoms with Gasteiger partial charge in [0.2, 0.25) is 0 Å². The van der Waals surface area contributed by atoms with E-state index in [-0.39, 0.29) is 6.03 Å². The highest BCUT2D eigenvalue weighted by atomic mass is 16.5. The molecule has 1 aliphatic rings. The lowest BCUT2D eigenvalue weighted by Gasteiger charge is -2.34. The number of hydrogen-bond acceptors (Lipinski definition) is 4. The van der Waals surface area contributed by atoms with Crippen LogP contribution in [-0.2, 0) is 6.54 Å². The lowest BCUT2D eigenvalue weighted by atomic mass is 10.1. The van der Waals surface area contributed by atoms with E-state index in [1.54, 1.807) is 0 Å². The summed E-state index contributed by atoms with van der Waals surface area (Å²) in [6, 6.07) is 32.7. The summed E-state index contributed by atoms with van der Waals surface area (Å²) in [4.78, 5) is 13.3. The maximum atomic E-state index is 13.3. The molecule has 4 aromatic rings. The van der Waals surface area contributed by atoms with E-state index >= 15 is 0 Å². The van der Waals surface area contributed by atoms with E-state index in [1.165, 1.54) is 42.1 Å². The quantitative estimate of drug-likeness (QED) is 0.153. The number of nitrogens with one attached hydrogen (secondary N) is 1. The Hall–Kier alpha value is -4.65. The van der Waals surface area contributed by atoms with Gasteiger partial charge in [-0.2, -0.15) is 5.01 Å². The molecule has 3 aromatic carbocycles. The number of benzene rings is 3. The van der Waals surface area contributed by atoms with Crippen molar-refractivity contribution in [3.05, 3.63) is 121 Å². The van der Waals surface area contributed by atoms with Crippen molar-refractivity contribution < 1.29 is 14.1 Å². The predicted octanol–water partition coefficient (Wildman–Crippen LogP) is 6.71. The first-order valence-corrected chi connectivity index (χ1v) is 14.0. The fourth-order valence-electron chi connectivity index (χ4n) is 4.61. The van der Waals surface area contributed by atoms with Gasteiger partial charge >= 0.3 is 6.03 Å². The van der Waals surface area contributed by atoms with E-state index in [4.69, 9.17) is 4.74 Å². The summed E-state index contributed by atoms with van der Waals surface area (Å²) >= 11 is 0. The zero-order valence-electron chi connectivity index (χ0n) is 22.7. The normalized spacial score (nSPS) is 13.1. The first kappa shape index (κ1) is 26.9. The van der Waals surface area contributed by atoms with Crippen LogP contribution >= 0.6 is 0 Å². The maximum absolute atomic E-state index is 13.3. The molecule has 2 amide bonds. The summed E-state index contributed by atoms with van der Waals surface area (Å²) < 4.78 is 8.24. The van der Waals surface area contributed by atoms with Gasteiger partial charge in [0.15, 0.2) is 18.2 Å². The molecule has 7 nitrogen and oxygen atoms in total. The average molecular weight is 535 g/mol. The van der Waals surface area contributed by atoms with Gasteiger partial charge < -0.3 is 4.74 Å². The van der Waals surface area contributed by atoms with Gasteiger partial charge in [-0.15, -0.1) is 5.10 Å². The third-order valence-electron chi connectivity index (χ3n) is 6.79. The molecule has 0 aliphatic carbocycles. The monoisotopic (exact) mass is 534 g/mol. The molecular formula is C33H36N5O2+. The van der Waals surface area contributed by atoms with Gasteiger partial charge in [-0.25, -0.2) is 14.4 Å². The summed E-state index contributed by atoms with van der Waals surface area (Å²) in [5, 5.41) is 7.58. The van der Waals surface area contributed by atoms with Gasteiger partial charge in [-0.05, 0) is 61.4 Å². The molecule has 1 N–H and O–H groups in total. The molecule has 40 heavy (non-hydrogen) atoms. The Morgan fingerprint density at radius 2 is 1.27 bits per heavy atom. The van der Waals surface area contributed by atoms with E-state index in [0.717, 1.165) is 30.0 Å². The fourth-order valence-corrected chi connectivity index (χ4v) is 4.61. The van der Waals surface area contributed by atoms with Crippen molar-refractivity contribution in [1.29, 1.82) is 0 Å². The van der Waals surface area contributed by atoms with E-state index in [2.05, 4.69) is 45.7 Å². The third kappa shape index (κ3) is 7.26. The number of anilines is 2. The van der Waals surface area contributed by atoms with E-state index < -0.39 is 0 Å². The number of hydrazine groups is 1. The second kappa shape index (κ2) is 13.9. The number of amidine groups is 1. The number of nitrogens with zero attached hydrogens (tertiary/aromatic N) is 4. The van der Waals surface area contributed by atoms with Crippen LogP contribution in [0.3, 0.4) is 0 Å². The lowest BCUT2D eigenvalue weighted by Crippen LogP contribution is -2.56. The number of carbonyl (C=O) groups excluding carboxylic acids is 1. The number of amides is 2. The van der Waals surface area contributed by atoms with Gasteiger partial charge in [-0.3, -0.25) is 5.43 Å². The van der Waals surface area contributed by atoms with Crippen molar-refractivity contribution in [3.63, 3.8) is 0 Å². The molecule has 1 aromatic heterocycles. The fraction of sp³-hybridized carbons (Fsp3) is 0.242. The minimum absolute atomic E-state index is 0.281. The van der Waals surface area contributed by atoms with E-state index in [9.17, 15) is 4.79 Å². The highest BCUT2D eigenvalue weighted by Crippen LogP contribution is 2.24. The number of hydrogen-bond donors (Lipinski definition) is 1. The van der Waals surface area contributed by atoms with Crippen LogP contribution in [0.1, 0.15) is 44.1 Å². The van der Waals surface area contributed by atoms with Crippen LogP contribution in [0.5, 0.6) is 5.75 Å². The molecule has 204 valence electrons. The van der Waals surface area contributed by atoms with E-state index in [0.29, 0.717) is 18.1 Å². The highest BCUT2D eigenvalue weighted by molar-refractivity contribution is 6.13. The second-order valence-corrected chi connectivity index (χ2v) is 9.77. The van der Waals surface area contributed by atoms with Crippen LogP contribution < -0.4 is 24.7 Å². The van der Waals surface area contributed by atoms with Crippen molar-refractivity contribution in [2.45, 2.75) is 45.1 Å². The summed E-state index contributed by atoms with van der Waals surface area (Å²) in [7, 11) is 0. The van der Waals surface area contributed by atoms with Gasteiger partial charge in [0.25, 0.3) is 0 Å². The Labute approximate surface area is 236 Å². The molecule has 0 saturated carbocycles. The minimum atomic E-state index is -0.281. The van der Waals surface area contributed by atoms with Crippen molar-refractivity contribution in [3.8, 4) is 5.75 Å². The lowest BCUT2D eigenvalue weighted by molar-refractivity contribution is -0.697. The molecule has 2 heterocycles. The molecule has 0 unspecified atom stereocenters. The molecule has 1 aliphatic heterocycles. The number of urea groups is 1. The molecule has 0 bridgehead atoms. The second-order valence-electron chi connectivity index (χ2n) is 9.77. The van der Waals surface area contributed by atoms with Crippen molar-refractivity contribution in [1.82, 2.24) is 5.43 Å². The van der Waals surface area contributed by atoms with Gasteiger partial charge in [0.1, 0.15) is 12.3 Å². The first-order valence-electron chi connectivity index (χ1n) is 14.0. The number of para-hydroxylation sites is 2.